The van der Waals surface area contributed by atoms with E-state index in [1.165, 1.54) is 0 Å². The summed E-state index contributed by atoms with van der Waals surface area (Å²) in [4.78, 5) is 12.9. The second-order valence-corrected chi connectivity index (χ2v) is 6.66. The van der Waals surface area contributed by atoms with Crippen molar-refractivity contribution in [3.63, 3.8) is 0 Å². The summed E-state index contributed by atoms with van der Waals surface area (Å²) < 4.78 is 5.61. The minimum atomic E-state index is -0.222. The van der Waals surface area contributed by atoms with Gasteiger partial charge in [-0.1, -0.05) is 48.5 Å². The Hall–Kier alpha value is -3.11. The van der Waals surface area contributed by atoms with E-state index in [2.05, 4.69) is 5.32 Å². The molecule has 0 bridgehead atoms. The number of nitrogens with one attached hydrogen (secondary N) is 1. The maximum Gasteiger partial charge on any atom is 0.251 e. The molecule has 28 heavy (non-hydrogen) atoms. The van der Waals surface area contributed by atoms with Crippen molar-refractivity contribution in [1.82, 2.24) is 5.32 Å². The van der Waals surface area contributed by atoms with Gasteiger partial charge in [0.25, 0.3) is 5.91 Å². The molecule has 0 aliphatic carbocycles. The summed E-state index contributed by atoms with van der Waals surface area (Å²) >= 11 is 0. The monoisotopic (exact) mass is 374 g/mol. The number of amides is 1. The summed E-state index contributed by atoms with van der Waals surface area (Å²) in [6.45, 7) is 4.95. The third-order valence-corrected chi connectivity index (χ3v) is 4.70. The lowest BCUT2D eigenvalue weighted by molar-refractivity contribution is 0.0938. The third-order valence-electron chi connectivity index (χ3n) is 4.70. The first-order valence-corrected chi connectivity index (χ1v) is 9.52. The van der Waals surface area contributed by atoms with Gasteiger partial charge in [-0.05, 0) is 60.4 Å². The third kappa shape index (κ3) is 4.59. The van der Waals surface area contributed by atoms with E-state index in [9.17, 15) is 4.79 Å². The molecule has 1 atom stereocenters. The topological polar surface area (TPSA) is 64.3 Å². The van der Waals surface area contributed by atoms with E-state index >= 15 is 0 Å². The largest absolute Gasteiger partial charge is 0.494 e. The van der Waals surface area contributed by atoms with E-state index in [1.807, 2.05) is 86.6 Å². The molecule has 0 spiro atoms. The van der Waals surface area contributed by atoms with Gasteiger partial charge in [0, 0.05) is 12.1 Å². The van der Waals surface area contributed by atoms with Gasteiger partial charge in [0.2, 0.25) is 0 Å². The summed E-state index contributed by atoms with van der Waals surface area (Å²) in [5.74, 6) is 0.683. The van der Waals surface area contributed by atoms with Crippen molar-refractivity contribution < 1.29 is 9.53 Å². The summed E-state index contributed by atoms with van der Waals surface area (Å²) in [7, 11) is 0. The van der Waals surface area contributed by atoms with Crippen LogP contribution in [0.3, 0.4) is 0 Å². The fraction of sp³-hybridized carbons (Fsp3) is 0.208. The first-order valence-electron chi connectivity index (χ1n) is 9.52. The molecule has 0 aliphatic heterocycles. The van der Waals surface area contributed by atoms with Gasteiger partial charge in [-0.2, -0.15) is 0 Å². The Morgan fingerprint density at radius 2 is 1.82 bits per heavy atom. The smallest absolute Gasteiger partial charge is 0.251 e. The SMILES string of the molecule is CCOc1cccc(-c2cc(C(=O)N[C@@H](CN)c3ccccc3)ccc2C)c1. The lowest BCUT2D eigenvalue weighted by Gasteiger charge is -2.18. The average molecular weight is 374 g/mol. The highest BCUT2D eigenvalue weighted by Gasteiger charge is 2.15. The fourth-order valence-electron chi connectivity index (χ4n) is 3.20. The van der Waals surface area contributed by atoms with Crippen molar-refractivity contribution in [2.75, 3.05) is 13.2 Å². The number of carbonyl (C=O) groups excluding carboxylic acids is 1. The predicted octanol–water partition coefficient (Wildman–Crippen LogP) is 4.49. The van der Waals surface area contributed by atoms with E-state index in [4.69, 9.17) is 10.5 Å². The highest BCUT2D eigenvalue weighted by Crippen LogP contribution is 2.28. The van der Waals surface area contributed by atoms with Crippen LogP contribution < -0.4 is 15.8 Å². The molecule has 3 aromatic rings. The summed E-state index contributed by atoms with van der Waals surface area (Å²) in [5, 5.41) is 3.04. The molecule has 4 nitrogen and oxygen atoms in total. The molecule has 0 saturated heterocycles. The van der Waals surface area contributed by atoms with E-state index in [-0.39, 0.29) is 11.9 Å². The van der Waals surface area contributed by atoms with Crippen LogP contribution in [0.4, 0.5) is 0 Å². The average Bonchev–Trinajstić information content (AvgIpc) is 2.73. The van der Waals surface area contributed by atoms with Crippen LogP contribution in [0.2, 0.25) is 0 Å². The molecule has 0 aromatic heterocycles. The summed E-state index contributed by atoms with van der Waals surface area (Å²) in [5.41, 5.74) is 10.6. The van der Waals surface area contributed by atoms with Crippen molar-refractivity contribution in [3.05, 3.63) is 89.5 Å². The number of ether oxygens (including phenoxy) is 1. The van der Waals surface area contributed by atoms with Crippen LogP contribution >= 0.6 is 0 Å². The summed E-state index contributed by atoms with van der Waals surface area (Å²) in [6.07, 6.45) is 0. The molecule has 4 heteroatoms. The van der Waals surface area contributed by atoms with Crippen molar-refractivity contribution in [1.29, 1.82) is 0 Å². The Kier molecular flexibility index (Phi) is 6.45. The zero-order chi connectivity index (χ0) is 19.9. The lowest BCUT2D eigenvalue weighted by Crippen LogP contribution is -2.33. The molecule has 3 N–H and O–H groups in total. The lowest BCUT2D eigenvalue weighted by atomic mass is 9.97. The summed E-state index contributed by atoms with van der Waals surface area (Å²) in [6, 6.07) is 23.2. The maximum atomic E-state index is 12.9. The number of nitrogens with two attached hydrogens (primary N) is 1. The normalized spacial score (nSPS) is 11.7. The molecular formula is C24H26N2O2. The first-order chi connectivity index (χ1) is 13.6. The van der Waals surface area contributed by atoms with Gasteiger partial charge in [-0.25, -0.2) is 0 Å². The standard InChI is InChI=1S/C24H26N2O2/c1-3-28-21-11-7-10-19(14-21)22-15-20(13-12-17(22)2)24(27)26-23(16-25)18-8-5-4-6-9-18/h4-15,23H,3,16,25H2,1-2H3,(H,26,27)/t23-/m0/s1. The van der Waals surface area contributed by atoms with E-state index in [0.29, 0.717) is 18.7 Å². The quantitative estimate of drug-likeness (QED) is 0.640. The Bertz CT molecular complexity index is 938. The zero-order valence-corrected chi connectivity index (χ0v) is 16.3. The van der Waals surface area contributed by atoms with E-state index < -0.39 is 0 Å². The molecular weight excluding hydrogens is 348 g/mol. The van der Waals surface area contributed by atoms with Crippen LogP contribution in [0.25, 0.3) is 11.1 Å². The van der Waals surface area contributed by atoms with Gasteiger partial charge in [0.05, 0.1) is 12.6 Å². The zero-order valence-electron chi connectivity index (χ0n) is 16.3. The number of carbonyl (C=O) groups is 1. The number of aryl methyl sites for hydroxylation is 1. The molecule has 3 rings (SSSR count). The van der Waals surface area contributed by atoms with Gasteiger partial charge in [0.1, 0.15) is 5.75 Å². The highest BCUT2D eigenvalue weighted by atomic mass is 16.5. The molecule has 0 saturated carbocycles. The van der Waals surface area contributed by atoms with Gasteiger partial charge in [-0.15, -0.1) is 0 Å². The van der Waals surface area contributed by atoms with Crippen molar-refractivity contribution in [2.45, 2.75) is 19.9 Å². The van der Waals surface area contributed by atoms with Crippen LogP contribution in [0.5, 0.6) is 5.75 Å². The number of benzene rings is 3. The minimum absolute atomic E-state index is 0.137. The van der Waals surface area contributed by atoms with Gasteiger partial charge in [0.15, 0.2) is 0 Å². The molecule has 0 fully saturated rings. The number of rotatable bonds is 7. The van der Waals surface area contributed by atoms with Crippen LogP contribution in [-0.2, 0) is 0 Å². The van der Waals surface area contributed by atoms with Crippen LogP contribution in [-0.4, -0.2) is 19.1 Å². The first kappa shape index (κ1) is 19.6. The van der Waals surface area contributed by atoms with Crippen molar-refractivity contribution >= 4 is 5.91 Å². The van der Waals surface area contributed by atoms with E-state index in [0.717, 1.165) is 28.0 Å². The second-order valence-electron chi connectivity index (χ2n) is 6.66. The molecule has 144 valence electrons. The molecule has 3 aromatic carbocycles. The van der Waals surface area contributed by atoms with Crippen molar-refractivity contribution in [2.24, 2.45) is 5.73 Å². The van der Waals surface area contributed by atoms with Crippen LogP contribution in [0.15, 0.2) is 72.8 Å². The molecule has 1 amide bonds. The Morgan fingerprint density at radius 1 is 1.04 bits per heavy atom. The van der Waals surface area contributed by atoms with Crippen LogP contribution in [0, 0.1) is 6.92 Å². The van der Waals surface area contributed by atoms with Crippen molar-refractivity contribution in [3.8, 4) is 16.9 Å². The molecule has 0 unspecified atom stereocenters. The van der Waals surface area contributed by atoms with Gasteiger partial charge >= 0.3 is 0 Å². The minimum Gasteiger partial charge on any atom is -0.494 e. The van der Waals surface area contributed by atoms with Gasteiger partial charge in [-0.3, -0.25) is 4.79 Å². The predicted molar refractivity (Wildman–Crippen MR) is 113 cm³/mol. The van der Waals surface area contributed by atoms with Crippen LogP contribution in [0.1, 0.15) is 34.5 Å². The highest BCUT2D eigenvalue weighted by molar-refractivity contribution is 5.96. The number of hydrogen-bond acceptors (Lipinski definition) is 3. The fourth-order valence-corrected chi connectivity index (χ4v) is 3.20. The molecule has 0 radical (unpaired) electrons. The maximum absolute atomic E-state index is 12.9. The number of hydrogen-bond donors (Lipinski definition) is 2. The Morgan fingerprint density at radius 3 is 2.54 bits per heavy atom. The van der Waals surface area contributed by atoms with E-state index in [1.54, 1.807) is 0 Å². The van der Waals surface area contributed by atoms with Gasteiger partial charge < -0.3 is 15.8 Å². The Labute approximate surface area is 166 Å². The molecule has 0 aliphatic rings. The molecule has 0 heterocycles. The Balaban J connectivity index is 1.86. The second kappa shape index (κ2) is 9.20.